The average Bonchev–Trinajstić information content (AvgIpc) is 2.81. The maximum absolute atomic E-state index is 9.32. The lowest BCUT2D eigenvalue weighted by molar-refractivity contribution is 0.0625. The van der Waals surface area contributed by atoms with Crippen LogP contribution in [0.2, 0.25) is 0 Å². The van der Waals surface area contributed by atoms with Crippen molar-refractivity contribution in [2.75, 3.05) is 57.9 Å². The summed E-state index contributed by atoms with van der Waals surface area (Å²) in [6.45, 7) is 8.94. The Morgan fingerprint density at radius 1 is 1.13 bits per heavy atom. The summed E-state index contributed by atoms with van der Waals surface area (Å²) >= 11 is 0. The van der Waals surface area contributed by atoms with Crippen LogP contribution in [0, 0.1) is 11.8 Å². The Hall–Kier alpha value is -1.79. The molecule has 0 radical (unpaired) electrons. The van der Waals surface area contributed by atoms with Gasteiger partial charge in [0.05, 0.1) is 6.54 Å². The minimum absolute atomic E-state index is 0.322. The molecule has 3 rings (SSSR count). The normalized spacial score (nSPS) is 19.2. The molecule has 0 atom stereocenters. The van der Waals surface area contributed by atoms with Crippen LogP contribution in [0.25, 0.3) is 0 Å². The van der Waals surface area contributed by atoms with E-state index < -0.39 is 0 Å². The number of benzene rings is 1. The van der Waals surface area contributed by atoms with Gasteiger partial charge in [0.1, 0.15) is 0 Å². The van der Waals surface area contributed by atoms with E-state index in [-0.39, 0.29) is 0 Å². The van der Waals surface area contributed by atoms with Gasteiger partial charge in [-0.05, 0) is 68.6 Å². The fourth-order valence-electron chi connectivity index (χ4n) is 4.34. The van der Waals surface area contributed by atoms with Gasteiger partial charge in [0.25, 0.3) is 0 Å². The first kappa shape index (κ1) is 22.9. The van der Waals surface area contributed by atoms with Crippen molar-refractivity contribution in [3.05, 3.63) is 29.8 Å². The number of piperidine rings is 1. The van der Waals surface area contributed by atoms with Crippen LogP contribution in [0.1, 0.15) is 44.6 Å². The predicted molar refractivity (Wildman–Crippen MR) is 124 cm³/mol. The van der Waals surface area contributed by atoms with Crippen molar-refractivity contribution in [2.45, 2.75) is 45.6 Å². The summed E-state index contributed by atoms with van der Waals surface area (Å²) in [6, 6.07) is 8.82. The summed E-state index contributed by atoms with van der Waals surface area (Å²) in [5, 5.41) is 12.8. The average molecular weight is 417 g/mol. The maximum atomic E-state index is 9.32. The zero-order valence-corrected chi connectivity index (χ0v) is 18.9. The second kappa shape index (κ2) is 12.2. The highest BCUT2D eigenvalue weighted by atomic mass is 16.5. The Balaban J connectivity index is 1.51. The third kappa shape index (κ3) is 6.88. The monoisotopic (exact) mass is 416 g/mol. The quantitative estimate of drug-likeness (QED) is 0.504. The largest absolute Gasteiger partial charge is 0.396 e. The van der Waals surface area contributed by atoms with Gasteiger partial charge in [-0.2, -0.15) is 0 Å². The first-order valence-corrected chi connectivity index (χ1v) is 11.7. The molecule has 168 valence electrons. The van der Waals surface area contributed by atoms with E-state index in [1.54, 1.807) is 0 Å². The fourth-order valence-corrected chi connectivity index (χ4v) is 4.34. The summed E-state index contributed by atoms with van der Waals surface area (Å²) < 4.78 is 5.47. The molecule has 0 bridgehead atoms. The zero-order chi connectivity index (χ0) is 21.2. The van der Waals surface area contributed by atoms with Gasteiger partial charge >= 0.3 is 0 Å². The molecule has 0 aromatic heterocycles. The maximum Gasteiger partial charge on any atom is 0.193 e. The molecular weight excluding hydrogens is 376 g/mol. The third-order valence-electron chi connectivity index (χ3n) is 6.50. The van der Waals surface area contributed by atoms with Crippen LogP contribution < -0.4 is 10.2 Å². The van der Waals surface area contributed by atoms with E-state index in [1.807, 2.05) is 0 Å². The molecule has 0 spiro atoms. The van der Waals surface area contributed by atoms with E-state index in [4.69, 9.17) is 9.73 Å². The molecule has 1 aromatic carbocycles. The molecule has 2 fully saturated rings. The Morgan fingerprint density at radius 2 is 1.83 bits per heavy atom. The minimum atomic E-state index is 0.322. The van der Waals surface area contributed by atoms with Crippen molar-refractivity contribution in [1.29, 1.82) is 0 Å². The molecule has 0 amide bonds. The second-order valence-electron chi connectivity index (χ2n) is 8.72. The molecule has 0 aliphatic carbocycles. The zero-order valence-electron chi connectivity index (χ0n) is 18.9. The van der Waals surface area contributed by atoms with Crippen LogP contribution in [0.15, 0.2) is 29.3 Å². The molecule has 2 aliphatic heterocycles. The van der Waals surface area contributed by atoms with Crippen molar-refractivity contribution in [3.8, 4) is 0 Å². The molecule has 2 saturated heterocycles. The lowest BCUT2D eigenvalue weighted by Crippen LogP contribution is -2.40. The van der Waals surface area contributed by atoms with E-state index in [2.05, 4.69) is 53.4 Å². The molecular formula is C24H40N4O2. The standard InChI is InChI=1S/C24H40N4O2/c1-3-25-24(27(2)13-8-20-11-16-30-17-12-20)26-18-21-4-6-23(7-5-21)28-14-9-22(19-29)10-15-28/h4-7,20,22,29H,3,8-19H2,1-2H3,(H,25,26). The van der Waals surface area contributed by atoms with Gasteiger partial charge in [-0.15, -0.1) is 0 Å². The van der Waals surface area contributed by atoms with Gasteiger partial charge in [-0.3, -0.25) is 0 Å². The number of hydrogen-bond acceptors (Lipinski definition) is 4. The van der Waals surface area contributed by atoms with Crippen molar-refractivity contribution >= 4 is 11.6 Å². The number of aliphatic hydroxyl groups is 1. The van der Waals surface area contributed by atoms with Gasteiger partial charge in [0.15, 0.2) is 5.96 Å². The number of nitrogens with zero attached hydrogens (tertiary/aromatic N) is 3. The number of hydrogen-bond donors (Lipinski definition) is 2. The van der Waals surface area contributed by atoms with Crippen molar-refractivity contribution in [2.24, 2.45) is 16.8 Å². The van der Waals surface area contributed by atoms with Gasteiger partial charge in [0.2, 0.25) is 0 Å². The van der Waals surface area contributed by atoms with Crippen LogP contribution in [0.5, 0.6) is 0 Å². The second-order valence-corrected chi connectivity index (χ2v) is 8.72. The predicted octanol–water partition coefficient (Wildman–Crippen LogP) is 3.11. The summed E-state index contributed by atoms with van der Waals surface area (Å²) in [5.41, 5.74) is 2.51. The molecule has 1 aromatic rings. The minimum Gasteiger partial charge on any atom is -0.396 e. The van der Waals surface area contributed by atoms with Gasteiger partial charge in [-0.1, -0.05) is 12.1 Å². The lowest BCUT2D eigenvalue weighted by atomic mass is 9.96. The Labute approximate surface area is 182 Å². The van der Waals surface area contributed by atoms with Crippen LogP contribution in [0.3, 0.4) is 0 Å². The number of nitrogens with one attached hydrogen (secondary N) is 1. The first-order valence-electron chi connectivity index (χ1n) is 11.7. The van der Waals surface area contributed by atoms with Crippen LogP contribution >= 0.6 is 0 Å². The van der Waals surface area contributed by atoms with Crippen LogP contribution in [-0.4, -0.2) is 69.0 Å². The van der Waals surface area contributed by atoms with Crippen LogP contribution in [0.4, 0.5) is 5.69 Å². The van der Waals surface area contributed by atoms with E-state index in [1.165, 1.54) is 30.5 Å². The highest BCUT2D eigenvalue weighted by molar-refractivity contribution is 5.79. The summed E-state index contributed by atoms with van der Waals surface area (Å²) in [6.07, 6.45) is 5.73. The lowest BCUT2D eigenvalue weighted by Gasteiger charge is -2.33. The van der Waals surface area contributed by atoms with E-state index in [9.17, 15) is 5.11 Å². The number of rotatable bonds is 8. The molecule has 0 unspecified atom stereocenters. The molecule has 2 N–H and O–H groups in total. The summed E-state index contributed by atoms with van der Waals surface area (Å²) in [7, 11) is 2.14. The third-order valence-corrected chi connectivity index (χ3v) is 6.50. The van der Waals surface area contributed by atoms with Crippen molar-refractivity contribution in [3.63, 3.8) is 0 Å². The molecule has 0 saturated carbocycles. The van der Waals surface area contributed by atoms with Crippen LogP contribution in [-0.2, 0) is 11.3 Å². The first-order chi connectivity index (χ1) is 14.7. The number of ether oxygens (including phenoxy) is 1. The van der Waals surface area contributed by atoms with Crippen molar-refractivity contribution < 1.29 is 9.84 Å². The van der Waals surface area contributed by atoms with Gasteiger partial charge in [0, 0.05) is 58.7 Å². The molecule has 6 heteroatoms. The van der Waals surface area contributed by atoms with E-state index >= 15 is 0 Å². The fraction of sp³-hybridized carbons (Fsp3) is 0.708. The Bertz CT molecular complexity index is 635. The van der Waals surface area contributed by atoms with E-state index in [0.717, 1.165) is 64.1 Å². The molecule has 6 nitrogen and oxygen atoms in total. The van der Waals surface area contributed by atoms with Gasteiger partial charge in [-0.25, -0.2) is 4.99 Å². The Kier molecular flexibility index (Phi) is 9.27. The molecule has 2 aliphatic rings. The number of anilines is 1. The van der Waals surface area contributed by atoms with Gasteiger partial charge < -0.3 is 25.0 Å². The number of guanidine groups is 1. The highest BCUT2D eigenvalue weighted by Gasteiger charge is 2.18. The molecule has 2 heterocycles. The highest BCUT2D eigenvalue weighted by Crippen LogP contribution is 2.23. The smallest absolute Gasteiger partial charge is 0.193 e. The molecule has 30 heavy (non-hydrogen) atoms. The summed E-state index contributed by atoms with van der Waals surface area (Å²) in [5.74, 6) is 2.24. The Morgan fingerprint density at radius 3 is 2.47 bits per heavy atom. The van der Waals surface area contributed by atoms with E-state index in [0.29, 0.717) is 19.1 Å². The number of aliphatic hydroxyl groups excluding tert-OH is 1. The van der Waals surface area contributed by atoms with Crippen molar-refractivity contribution in [1.82, 2.24) is 10.2 Å². The summed E-state index contributed by atoms with van der Waals surface area (Å²) in [4.78, 5) is 9.56. The topological polar surface area (TPSA) is 60.3 Å². The SMILES string of the molecule is CCNC(=NCc1ccc(N2CCC(CO)CC2)cc1)N(C)CCC1CCOCC1. The number of aliphatic imine (C=N–C) groups is 1.